The van der Waals surface area contributed by atoms with E-state index in [0.29, 0.717) is 6.04 Å². The highest BCUT2D eigenvalue weighted by atomic mass is 32.2. The third-order valence-electron chi connectivity index (χ3n) is 2.62. The van der Waals surface area contributed by atoms with Gasteiger partial charge in [-0.3, -0.25) is 4.98 Å². The fourth-order valence-electron chi connectivity index (χ4n) is 1.46. The van der Waals surface area contributed by atoms with Gasteiger partial charge in [0.2, 0.25) is 0 Å². The summed E-state index contributed by atoms with van der Waals surface area (Å²) >= 11 is 1.77. The molecule has 1 N–H and O–H groups in total. The van der Waals surface area contributed by atoms with E-state index in [4.69, 9.17) is 0 Å². The molecule has 3 nitrogen and oxygen atoms in total. The second kappa shape index (κ2) is 6.97. The Balaban J connectivity index is 2.49. The zero-order valence-electron chi connectivity index (χ0n) is 11.2. The molecule has 0 aliphatic carbocycles. The Morgan fingerprint density at radius 1 is 1.35 bits per heavy atom. The number of thioether (sulfide) groups is 1. The summed E-state index contributed by atoms with van der Waals surface area (Å²) < 4.78 is 0. The van der Waals surface area contributed by atoms with Crippen molar-refractivity contribution in [1.82, 2.24) is 15.3 Å². The lowest BCUT2D eigenvalue weighted by Gasteiger charge is -2.31. The summed E-state index contributed by atoms with van der Waals surface area (Å²) in [4.78, 5) is 8.37. The van der Waals surface area contributed by atoms with Crippen molar-refractivity contribution in [2.45, 2.75) is 45.2 Å². The molecule has 0 aliphatic heterocycles. The predicted molar refractivity (Wildman–Crippen MR) is 74.3 cm³/mol. The summed E-state index contributed by atoms with van der Waals surface area (Å²) in [7, 11) is 0. The maximum Gasteiger partial charge on any atom is 0.114 e. The van der Waals surface area contributed by atoms with Crippen LogP contribution in [0.25, 0.3) is 0 Å². The molecule has 0 fully saturated rings. The highest BCUT2D eigenvalue weighted by molar-refractivity contribution is 7.99. The minimum absolute atomic E-state index is 0.268. The molecule has 0 radical (unpaired) electrons. The first-order chi connectivity index (χ1) is 8.04. The first-order valence-corrected chi connectivity index (χ1v) is 7.14. The van der Waals surface area contributed by atoms with Crippen molar-refractivity contribution < 1.29 is 0 Å². The number of nitrogens with one attached hydrogen (secondary N) is 1. The van der Waals surface area contributed by atoms with Crippen molar-refractivity contribution in [1.29, 1.82) is 0 Å². The molecule has 0 saturated heterocycles. The highest BCUT2D eigenvalue weighted by Gasteiger charge is 2.23. The summed E-state index contributed by atoms with van der Waals surface area (Å²) in [5.41, 5.74) is 0.268. The van der Waals surface area contributed by atoms with Gasteiger partial charge < -0.3 is 5.32 Å². The smallest absolute Gasteiger partial charge is 0.114 e. The Hall–Kier alpha value is -0.610. The van der Waals surface area contributed by atoms with Crippen LogP contribution in [0.15, 0.2) is 23.6 Å². The van der Waals surface area contributed by atoms with Gasteiger partial charge in [-0.2, -0.15) is 0 Å². The van der Waals surface area contributed by atoms with Gasteiger partial charge in [-0.1, -0.05) is 27.7 Å². The van der Waals surface area contributed by atoms with Gasteiger partial charge in [0.1, 0.15) is 5.03 Å². The molecule has 1 unspecified atom stereocenters. The summed E-state index contributed by atoms with van der Waals surface area (Å²) in [6.07, 6.45) is 6.45. The van der Waals surface area contributed by atoms with E-state index in [-0.39, 0.29) is 5.41 Å². The van der Waals surface area contributed by atoms with Gasteiger partial charge in [0, 0.05) is 24.2 Å². The molecule has 0 spiro atoms. The second-order valence-electron chi connectivity index (χ2n) is 5.23. The second-order valence-corrected chi connectivity index (χ2v) is 6.27. The number of hydrogen-bond donors (Lipinski definition) is 1. The molecule has 1 aromatic heterocycles. The van der Waals surface area contributed by atoms with Gasteiger partial charge in [0.25, 0.3) is 0 Å². The average molecular weight is 253 g/mol. The molecule has 1 rings (SSSR count). The van der Waals surface area contributed by atoms with E-state index in [1.165, 1.54) is 6.42 Å². The van der Waals surface area contributed by atoms with Crippen molar-refractivity contribution in [3.05, 3.63) is 18.6 Å². The van der Waals surface area contributed by atoms with Crippen LogP contribution in [-0.2, 0) is 0 Å². The van der Waals surface area contributed by atoms with E-state index in [0.717, 1.165) is 17.3 Å². The van der Waals surface area contributed by atoms with Gasteiger partial charge in [0.05, 0.1) is 6.20 Å². The number of hydrogen-bond acceptors (Lipinski definition) is 4. The fourth-order valence-corrected chi connectivity index (χ4v) is 2.69. The van der Waals surface area contributed by atoms with E-state index in [2.05, 4.69) is 43.0 Å². The molecule has 1 heterocycles. The van der Waals surface area contributed by atoms with Gasteiger partial charge in [-0.25, -0.2) is 4.98 Å². The van der Waals surface area contributed by atoms with E-state index in [1.54, 1.807) is 24.2 Å². The SMILES string of the molecule is CCCNC(CSc1cnccn1)C(C)(C)C. The molecule has 4 heteroatoms. The summed E-state index contributed by atoms with van der Waals surface area (Å²) in [6, 6.07) is 0.495. The van der Waals surface area contributed by atoms with Crippen LogP contribution in [0, 0.1) is 5.41 Å². The lowest BCUT2D eigenvalue weighted by Crippen LogP contribution is -2.42. The number of aromatic nitrogens is 2. The number of nitrogens with zero attached hydrogens (tertiary/aromatic N) is 2. The van der Waals surface area contributed by atoms with Crippen LogP contribution in [0.4, 0.5) is 0 Å². The lowest BCUT2D eigenvalue weighted by atomic mass is 9.88. The minimum Gasteiger partial charge on any atom is -0.313 e. The Labute approximate surface area is 109 Å². The van der Waals surface area contributed by atoms with E-state index in [9.17, 15) is 0 Å². The molecule has 96 valence electrons. The molecule has 0 saturated carbocycles. The molecule has 0 amide bonds. The van der Waals surface area contributed by atoms with Gasteiger partial charge in [-0.05, 0) is 18.4 Å². The maximum absolute atomic E-state index is 4.29. The van der Waals surface area contributed by atoms with Crippen LogP contribution in [0.2, 0.25) is 0 Å². The molecule has 17 heavy (non-hydrogen) atoms. The van der Waals surface area contributed by atoms with Gasteiger partial charge >= 0.3 is 0 Å². The molecular formula is C13H23N3S. The van der Waals surface area contributed by atoms with Gasteiger partial charge in [-0.15, -0.1) is 11.8 Å². The zero-order valence-corrected chi connectivity index (χ0v) is 12.0. The Morgan fingerprint density at radius 3 is 2.65 bits per heavy atom. The summed E-state index contributed by atoms with van der Waals surface area (Å²) in [6.45, 7) is 10.1. The van der Waals surface area contributed by atoms with Crippen LogP contribution >= 0.6 is 11.8 Å². The quantitative estimate of drug-likeness (QED) is 0.791. The van der Waals surface area contributed by atoms with Crippen molar-refractivity contribution in [3.63, 3.8) is 0 Å². The molecule has 0 bridgehead atoms. The summed E-state index contributed by atoms with van der Waals surface area (Å²) in [5, 5.41) is 4.61. The van der Waals surface area contributed by atoms with Crippen LogP contribution in [0.3, 0.4) is 0 Å². The van der Waals surface area contributed by atoms with E-state index >= 15 is 0 Å². The topological polar surface area (TPSA) is 37.8 Å². The van der Waals surface area contributed by atoms with Crippen LogP contribution in [-0.4, -0.2) is 28.3 Å². The minimum atomic E-state index is 0.268. The monoisotopic (exact) mass is 253 g/mol. The van der Waals surface area contributed by atoms with Crippen LogP contribution in [0.5, 0.6) is 0 Å². The highest BCUT2D eigenvalue weighted by Crippen LogP contribution is 2.25. The maximum atomic E-state index is 4.29. The largest absolute Gasteiger partial charge is 0.313 e. The van der Waals surface area contributed by atoms with E-state index < -0.39 is 0 Å². The molecule has 0 aliphatic rings. The fraction of sp³-hybridized carbons (Fsp3) is 0.692. The first kappa shape index (κ1) is 14.5. The van der Waals surface area contributed by atoms with Crippen molar-refractivity contribution >= 4 is 11.8 Å². The van der Waals surface area contributed by atoms with Crippen LogP contribution in [0.1, 0.15) is 34.1 Å². The zero-order chi connectivity index (χ0) is 12.7. The number of rotatable bonds is 6. The van der Waals surface area contributed by atoms with E-state index in [1.807, 2.05) is 6.20 Å². The van der Waals surface area contributed by atoms with Crippen molar-refractivity contribution in [2.24, 2.45) is 5.41 Å². The Morgan fingerprint density at radius 2 is 2.12 bits per heavy atom. The lowest BCUT2D eigenvalue weighted by molar-refractivity contribution is 0.292. The molecular weight excluding hydrogens is 230 g/mol. The third-order valence-corrected chi connectivity index (χ3v) is 3.63. The molecule has 1 aromatic rings. The normalized spacial score (nSPS) is 13.6. The standard InChI is InChI=1S/C13H23N3S/c1-5-6-15-11(13(2,3)4)10-17-12-9-14-7-8-16-12/h7-9,11,15H,5-6,10H2,1-4H3. The predicted octanol–water partition coefficient (Wildman–Crippen LogP) is 2.98. The molecule has 0 aromatic carbocycles. The summed E-state index contributed by atoms with van der Waals surface area (Å²) in [5.74, 6) is 1.03. The Bertz CT molecular complexity index is 308. The van der Waals surface area contributed by atoms with Gasteiger partial charge in [0.15, 0.2) is 0 Å². The first-order valence-electron chi connectivity index (χ1n) is 6.16. The van der Waals surface area contributed by atoms with Crippen LogP contribution < -0.4 is 5.32 Å². The molecule has 1 atom stereocenters. The Kier molecular flexibility index (Phi) is 5.92. The van der Waals surface area contributed by atoms with Crippen molar-refractivity contribution in [2.75, 3.05) is 12.3 Å². The van der Waals surface area contributed by atoms with Crippen molar-refractivity contribution in [3.8, 4) is 0 Å². The third kappa shape index (κ3) is 5.50. The average Bonchev–Trinajstić information content (AvgIpc) is 2.29.